The molecule has 1 aromatic heterocycles. The molecule has 1 heterocycles. The molecule has 0 bridgehead atoms. The number of hydrogen-bond donors (Lipinski definition) is 0. The van der Waals surface area contributed by atoms with E-state index in [0.717, 1.165) is 16.5 Å². The molecule has 2 rings (SSSR count). The van der Waals surface area contributed by atoms with Crippen LogP contribution in [-0.2, 0) is 6.54 Å². The third-order valence-corrected chi connectivity index (χ3v) is 3.40. The molecule has 5 heteroatoms. The molecule has 0 aliphatic rings. The van der Waals surface area contributed by atoms with E-state index in [2.05, 4.69) is 28.9 Å². The summed E-state index contributed by atoms with van der Waals surface area (Å²) in [7, 11) is 0. The first-order valence-electron chi connectivity index (χ1n) is 5.87. The third kappa shape index (κ3) is 3.04. The number of nitrogens with zero attached hydrogens (tertiary/aromatic N) is 4. The maximum Gasteiger partial charge on any atom is 0.192 e. The maximum absolute atomic E-state index is 8.66. The first-order valence-corrected chi connectivity index (χ1v) is 6.85. The standard InChI is InChI=1S/C14H14N4S/c1-3-8-18-13(12-6-4-5-11(2)10-12)16-17-14(18)19-9-7-15/h3-6,10H,1,8-9H2,2H3. The zero-order valence-corrected chi connectivity index (χ0v) is 11.5. The van der Waals surface area contributed by atoms with Gasteiger partial charge in [-0.2, -0.15) is 5.26 Å². The number of nitriles is 1. The Kier molecular flexibility index (Phi) is 4.37. The summed E-state index contributed by atoms with van der Waals surface area (Å²) in [6.07, 6.45) is 1.80. The van der Waals surface area contributed by atoms with E-state index in [1.807, 2.05) is 29.7 Å². The Morgan fingerprint density at radius 3 is 3.00 bits per heavy atom. The molecule has 0 N–H and O–H groups in total. The Morgan fingerprint density at radius 1 is 1.47 bits per heavy atom. The van der Waals surface area contributed by atoms with E-state index in [1.165, 1.54) is 17.3 Å². The van der Waals surface area contributed by atoms with Gasteiger partial charge in [-0.05, 0) is 13.0 Å². The van der Waals surface area contributed by atoms with Gasteiger partial charge < -0.3 is 0 Å². The highest BCUT2D eigenvalue weighted by molar-refractivity contribution is 7.99. The summed E-state index contributed by atoms with van der Waals surface area (Å²) in [5.41, 5.74) is 2.20. The smallest absolute Gasteiger partial charge is 0.192 e. The molecule has 0 spiro atoms. The molecule has 0 radical (unpaired) electrons. The Hall–Kier alpha value is -2.06. The Morgan fingerprint density at radius 2 is 2.32 bits per heavy atom. The average molecular weight is 270 g/mol. The van der Waals surface area contributed by atoms with Crippen LogP contribution in [-0.4, -0.2) is 20.5 Å². The van der Waals surface area contributed by atoms with Crippen LogP contribution in [0, 0.1) is 18.3 Å². The van der Waals surface area contributed by atoms with Gasteiger partial charge in [0, 0.05) is 12.1 Å². The molecule has 0 saturated heterocycles. The predicted octanol–water partition coefficient (Wildman–Crippen LogP) is 3.06. The lowest BCUT2D eigenvalue weighted by Gasteiger charge is -2.07. The highest BCUT2D eigenvalue weighted by Gasteiger charge is 2.13. The molecule has 4 nitrogen and oxygen atoms in total. The zero-order valence-electron chi connectivity index (χ0n) is 10.7. The van der Waals surface area contributed by atoms with Crippen molar-refractivity contribution in [1.29, 1.82) is 5.26 Å². The van der Waals surface area contributed by atoms with Crippen LogP contribution < -0.4 is 0 Å². The van der Waals surface area contributed by atoms with Gasteiger partial charge in [-0.15, -0.1) is 16.8 Å². The first-order chi connectivity index (χ1) is 9.26. The highest BCUT2D eigenvalue weighted by Crippen LogP contribution is 2.24. The Labute approximate surface area is 116 Å². The molecule has 0 amide bonds. The summed E-state index contributed by atoms with van der Waals surface area (Å²) in [4.78, 5) is 0. The molecule has 0 unspecified atom stereocenters. The topological polar surface area (TPSA) is 54.5 Å². The van der Waals surface area contributed by atoms with Crippen molar-refractivity contribution in [2.24, 2.45) is 0 Å². The van der Waals surface area contributed by atoms with Gasteiger partial charge in [-0.25, -0.2) is 0 Å². The number of rotatable bonds is 5. The second kappa shape index (κ2) is 6.21. The summed E-state index contributed by atoms with van der Waals surface area (Å²) in [5, 5.41) is 17.8. The number of thioether (sulfide) groups is 1. The lowest BCUT2D eigenvalue weighted by atomic mass is 10.1. The normalized spacial score (nSPS) is 10.1. The van der Waals surface area contributed by atoms with Crippen LogP contribution in [0.3, 0.4) is 0 Å². The number of aryl methyl sites for hydroxylation is 1. The third-order valence-electron chi connectivity index (χ3n) is 2.57. The van der Waals surface area contributed by atoms with Gasteiger partial charge in [0.1, 0.15) is 0 Å². The quantitative estimate of drug-likeness (QED) is 0.619. The summed E-state index contributed by atoms with van der Waals surface area (Å²) in [6, 6.07) is 10.2. The number of allylic oxidation sites excluding steroid dienone is 1. The minimum Gasteiger partial charge on any atom is -0.298 e. The van der Waals surface area contributed by atoms with E-state index < -0.39 is 0 Å². The number of aromatic nitrogens is 3. The van der Waals surface area contributed by atoms with Crippen LogP contribution in [0.15, 0.2) is 42.1 Å². The molecule has 96 valence electrons. The van der Waals surface area contributed by atoms with Crippen LogP contribution in [0.5, 0.6) is 0 Å². The van der Waals surface area contributed by atoms with Crippen molar-refractivity contribution in [2.45, 2.75) is 18.6 Å². The summed E-state index contributed by atoms with van der Waals surface area (Å²) >= 11 is 1.39. The molecule has 0 fully saturated rings. The molecular formula is C14H14N4S. The van der Waals surface area contributed by atoms with Crippen LogP contribution in [0.2, 0.25) is 0 Å². The zero-order chi connectivity index (χ0) is 13.7. The molecular weight excluding hydrogens is 256 g/mol. The fraction of sp³-hybridized carbons (Fsp3) is 0.214. The minimum absolute atomic E-state index is 0.364. The number of benzene rings is 1. The molecule has 19 heavy (non-hydrogen) atoms. The maximum atomic E-state index is 8.66. The fourth-order valence-electron chi connectivity index (χ4n) is 1.78. The average Bonchev–Trinajstić information content (AvgIpc) is 2.80. The molecule has 0 atom stereocenters. The lowest BCUT2D eigenvalue weighted by Crippen LogP contribution is -2.00. The largest absolute Gasteiger partial charge is 0.298 e. The molecule has 0 aliphatic heterocycles. The Bertz CT molecular complexity index is 625. The summed E-state index contributed by atoms with van der Waals surface area (Å²) in [5.74, 6) is 1.17. The van der Waals surface area contributed by atoms with Gasteiger partial charge in [-0.1, -0.05) is 41.6 Å². The monoisotopic (exact) mass is 270 g/mol. The second-order valence-electron chi connectivity index (χ2n) is 4.02. The van der Waals surface area contributed by atoms with E-state index in [0.29, 0.717) is 12.3 Å². The van der Waals surface area contributed by atoms with Gasteiger partial charge in [-0.3, -0.25) is 4.57 Å². The summed E-state index contributed by atoms with van der Waals surface area (Å²) < 4.78 is 1.98. The molecule has 1 aromatic carbocycles. The van der Waals surface area contributed by atoms with E-state index in [4.69, 9.17) is 5.26 Å². The molecule has 2 aromatic rings. The van der Waals surface area contributed by atoms with Gasteiger partial charge in [0.25, 0.3) is 0 Å². The minimum atomic E-state index is 0.364. The molecule has 0 saturated carbocycles. The summed E-state index contributed by atoms with van der Waals surface area (Å²) in [6.45, 7) is 6.43. The van der Waals surface area contributed by atoms with E-state index >= 15 is 0 Å². The lowest BCUT2D eigenvalue weighted by molar-refractivity contribution is 0.732. The molecule has 0 aliphatic carbocycles. The van der Waals surface area contributed by atoms with Crippen molar-refractivity contribution in [3.63, 3.8) is 0 Å². The van der Waals surface area contributed by atoms with Crippen molar-refractivity contribution >= 4 is 11.8 Å². The van der Waals surface area contributed by atoms with Crippen molar-refractivity contribution in [2.75, 3.05) is 5.75 Å². The van der Waals surface area contributed by atoms with Crippen molar-refractivity contribution in [3.8, 4) is 17.5 Å². The van der Waals surface area contributed by atoms with Gasteiger partial charge in [0.15, 0.2) is 11.0 Å². The van der Waals surface area contributed by atoms with Crippen LogP contribution in [0.1, 0.15) is 5.56 Å². The first kappa shape index (κ1) is 13.4. The SMILES string of the molecule is C=CCn1c(SCC#N)nnc1-c1cccc(C)c1. The Balaban J connectivity index is 2.42. The van der Waals surface area contributed by atoms with Gasteiger partial charge >= 0.3 is 0 Å². The van der Waals surface area contributed by atoms with E-state index in [9.17, 15) is 0 Å². The predicted molar refractivity (Wildman–Crippen MR) is 76.7 cm³/mol. The van der Waals surface area contributed by atoms with E-state index in [-0.39, 0.29) is 0 Å². The van der Waals surface area contributed by atoms with Crippen LogP contribution >= 0.6 is 11.8 Å². The van der Waals surface area contributed by atoms with Gasteiger partial charge in [0.2, 0.25) is 0 Å². The van der Waals surface area contributed by atoms with E-state index in [1.54, 1.807) is 6.08 Å². The van der Waals surface area contributed by atoms with Crippen LogP contribution in [0.25, 0.3) is 11.4 Å². The number of hydrogen-bond acceptors (Lipinski definition) is 4. The fourth-order valence-corrected chi connectivity index (χ4v) is 2.39. The van der Waals surface area contributed by atoms with Crippen LogP contribution in [0.4, 0.5) is 0 Å². The van der Waals surface area contributed by atoms with Crippen molar-refractivity contribution in [1.82, 2.24) is 14.8 Å². The second-order valence-corrected chi connectivity index (χ2v) is 4.96. The van der Waals surface area contributed by atoms with Crippen molar-refractivity contribution in [3.05, 3.63) is 42.5 Å². The van der Waals surface area contributed by atoms with Crippen molar-refractivity contribution < 1.29 is 0 Å². The highest BCUT2D eigenvalue weighted by atomic mass is 32.2. The van der Waals surface area contributed by atoms with Gasteiger partial charge in [0.05, 0.1) is 11.8 Å².